The molecule has 0 fully saturated rings. The number of thioether (sulfide) groups is 1. The van der Waals surface area contributed by atoms with Crippen LogP contribution in [0.5, 0.6) is 0 Å². The molecule has 78 valence electrons. The lowest BCUT2D eigenvalue weighted by Crippen LogP contribution is -1.88. The first-order valence-corrected chi connectivity index (χ1v) is 6.84. The summed E-state index contributed by atoms with van der Waals surface area (Å²) in [6, 6.07) is 9.72. The molecule has 0 bridgehead atoms. The summed E-state index contributed by atoms with van der Waals surface area (Å²) in [5.41, 5.74) is 1.03. The zero-order chi connectivity index (χ0) is 10.5. The van der Waals surface area contributed by atoms with Gasteiger partial charge in [-0.2, -0.15) is 0 Å². The summed E-state index contributed by atoms with van der Waals surface area (Å²) in [5, 5.41) is 0. The largest absolute Gasteiger partial charge is 0.576 e. The highest BCUT2D eigenvalue weighted by molar-refractivity contribution is 8.23. The standard InChI is InChI=1S/C10H11NO2PS/c12-14(10-11-6-7-15-10)13-8-9-4-2-1-3-5-9/h1-5H,6-8H2/q+1. The molecule has 1 aliphatic rings. The summed E-state index contributed by atoms with van der Waals surface area (Å²) in [4.78, 5) is 4.77. The van der Waals surface area contributed by atoms with Gasteiger partial charge in [-0.3, -0.25) is 0 Å². The predicted octanol–water partition coefficient (Wildman–Crippen LogP) is 3.05. The summed E-state index contributed by atoms with van der Waals surface area (Å²) >= 11 is 1.53. The average Bonchev–Trinajstić information content (AvgIpc) is 2.81. The number of nitrogens with zero attached hydrogens (tertiary/aromatic N) is 1. The van der Waals surface area contributed by atoms with Crippen LogP contribution in [-0.4, -0.2) is 17.1 Å². The average molecular weight is 240 g/mol. The second-order valence-corrected chi connectivity index (χ2v) is 5.61. The molecule has 5 heteroatoms. The van der Waals surface area contributed by atoms with E-state index in [4.69, 9.17) is 4.52 Å². The van der Waals surface area contributed by atoms with Crippen LogP contribution >= 0.6 is 19.8 Å². The van der Waals surface area contributed by atoms with Crippen LogP contribution in [-0.2, 0) is 15.7 Å². The monoisotopic (exact) mass is 240 g/mol. The number of rotatable bonds is 4. The van der Waals surface area contributed by atoms with Gasteiger partial charge in [0.1, 0.15) is 6.61 Å². The molecule has 1 aromatic rings. The third-order valence-electron chi connectivity index (χ3n) is 1.92. The highest BCUT2D eigenvalue weighted by Gasteiger charge is 2.31. The van der Waals surface area contributed by atoms with Crippen molar-refractivity contribution in [3.05, 3.63) is 35.9 Å². The lowest BCUT2D eigenvalue weighted by molar-refractivity contribution is 0.326. The van der Waals surface area contributed by atoms with Crippen molar-refractivity contribution >= 4 is 24.6 Å². The molecule has 0 saturated carbocycles. The summed E-state index contributed by atoms with van der Waals surface area (Å²) in [6.07, 6.45) is 0. The van der Waals surface area contributed by atoms with E-state index < -0.39 is 8.03 Å². The molecular weight excluding hydrogens is 229 g/mol. The van der Waals surface area contributed by atoms with Crippen molar-refractivity contribution in [2.75, 3.05) is 12.3 Å². The molecule has 15 heavy (non-hydrogen) atoms. The Morgan fingerprint density at radius 1 is 1.40 bits per heavy atom. The minimum Gasteiger partial charge on any atom is -0.233 e. The van der Waals surface area contributed by atoms with Crippen LogP contribution in [0.15, 0.2) is 35.3 Å². The van der Waals surface area contributed by atoms with Crippen molar-refractivity contribution in [2.24, 2.45) is 4.99 Å². The molecule has 3 nitrogen and oxygen atoms in total. The quantitative estimate of drug-likeness (QED) is 0.759. The number of hydrogen-bond donors (Lipinski definition) is 0. The van der Waals surface area contributed by atoms with Gasteiger partial charge in [0, 0.05) is 5.75 Å². The van der Waals surface area contributed by atoms with Gasteiger partial charge in [0.15, 0.2) is 0 Å². The van der Waals surface area contributed by atoms with Crippen molar-refractivity contribution in [3.8, 4) is 0 Å². The SMILES string of the molecule is O=[P+](OCc1ccccc1)C1=NCCS1. The maximum atomic E-state index is 11.6. The van der Waals surface area contributed by atoms with E-state index in [2.05, 4.69) is 4.99 Å². The molecular formula is C10H11NO2PS+. The van der Waals surface area contributed by atoms with Crippen LogP contribution in [0.2, 0.25) is 0 Å². The molecule has 0 N–H and O–H groups in total. The Labute approximate surface area is 93.8 Å². The Hall–Kier alpha value is -0.700. The van der Waals surface area contributed by atoms with E-state index in [1.807, 2.05) is 30.3 Å². The van der Waals surface area contributed by atoms with Crippen molar-refractivity contribution < 1.29 is 9.09 Å². The van der Waals surface area contributed by atoms with Crippen LogP contribution < -0.4 is 0 Å². The predicted molar refractivity (Wildman–Crippen MR) is 63.6 cm³/mol. The fourth-order valence-corrected chi connectivity index (χ4v) is 3.19. The van der Waals surface area contributed by atoms with Gasteiger partial charge in [-0.15, -0.1) is 4.52 Å². The summed E-state index contributed by atoms with van der Waals surface area (Å²) < 4.78 is 16.9. The van der Waals surface area contributed by atoms with Gasteiger partial charge in [0.25, 0.3) is 0 Å². The second-order valence-electron chi connectivity index (χ2n) is 3.03. The molecule has 0 spiro atoms. The molecule has 0 aliphatic carbocycles. The summed E-state index contributed by atoms with van der Waals surface area (Å²) in [5.74, 6) is 0.922. The highest BCUT2D eigenvalue weighted by Crippen LogP contribution is 2.35. The molecule has 2 rings (SSSR count). The molecule has 1 aliphatic heterocycles. The molecule has 0 amide bonds. The highest BCUT2D eigenvalue weighted by atomic mass is 32.2. The first-order valence-electron chi connectivity index (χ1n) is 4.67. The Balaban J connectivity index is 1.86. The van der Waals surface area contributed by atoms with E-state index in [1.54, 1.807) is 0 Å². The topological polar surface area (TPSA) is 38.7 Å². The smallest absolute Gasteiger partial charge is 0.233 e. The van der Waals surface area contributed by atoms with Crippen LogP contribution in [0, 0.1) is 0 Å². The second kappa shape index (κ2) is 5.40. The number of aliphatic imine (C=N–C) groups is 1. The van der Waals surface area contributed by atoms with Gasteiger partial charge in [-0.25, -0.2) is 4.99 Å². The molecule has 1 atom stereocenters. The zero-order valence-corrected chi connectivity index (χ0v) is 9.84. The molecule has 1 unspecified atom stereocenters. The third kappa shape index (κ3) is 3.13. The van der Waals surface area contributed by atoms with Crippen molar-refractivity contribution in [1.29, 1.82) is 0 Å². The van der Waals surface area contributed by atoms with Gasteiger partial charge < -0.3 is 0 Å². The van der Waals surface area contributed by atoms with Gasteiger partial charge in [-0.05, 0) is 10.1 Å². The first kappa shape index (κ1) is 10.8. The zero-order valence-electron chi connectivity index (χ0n) is 8.13. The van der Waals surface area contributed by atoms with Crippen LogP contribution in [0.4, 0.5) is 0 Å². The Morgan fingerprint density at radius 3 is 2.87 bits per heavy atom. The fourth-order valence-electron chi connectivity index (χ4n) is 1.20. The van der Waals surface area contributed by atoms with E-state index in [0.717, 1.165) is 17.9 Å². The summed E-state index contributed by atoms with van der Waals surface area (Å²) in [6.45, 7) is 1.14. The van der Waals surface area contributed by atoms with Gasteiger partial charge in [0.2, 0.25) is 0 Å². The third-order valence-corrected chi connectivity index (χ3v) is 4.34. The van der Waals surface area contributed by atoms with Crippen molar-refractivity contribution in [1.82, 2.24) is 0 Å². The van der Waals surface area contributed by atoms with Gasteiger partial charge >= 0.3 is 12.8 Å². The maximum Gasteiger partial charge on any atom is 0.576 e. The van der Waals surface area contributed by atoms with Crippen LogP contribution in [0.25, 0.3) is 0 Å². The lowest BCUT2D eigenvalue weighted by Gasteiger charge is -1.93. The maximum absolute atomic E-state index is 11.6. The molecule has 0 aromatic heterocycles. The Kier molecular flexibility index (Phi) is 3.89. The van der Waals surface area contributed by atoms with Crippen molar-refractivity contribution in [2.45, 2.75) is 6.61 Å². The number of benzene rings is 1. The van der Waals surface area contributed by atoms with E-state index >= 15 is 0 Å². The van der Waals surface area contributed by atoms with E-state index in [-0.39, 0.29) is 0 Å². The number of hydrogen-bond acceptors (Lipinski definition) is 4. The molecule has 1 aromatic carbocycles. The summed E-state index contributed by atoms with van der Waals surface area (Å²) in [7, 11) is -1.74. The van der Waals surface area contributed by atoms with Gasteiger partial charge in [0.05, 0.1) is 6.54 Å². The molecule has 0 saturated heterocycles. The van der Waals surface area contributed by atoms with Crippen LogP contribution in [0.3, 0.4) is 0 Å². The van der Waals surface area contributed by atoms with Gasteiger partial charge in [-0.1, -0.05) is 42.1 Å². The minimum atomic E-state index is -1.74. The van der Waals surface area contributed by atoms with Crippen molar-refractivity contribution in [3.63, 3.8) is 0 Å². The van der Waals surface area contributed by atoms with E-state index in [0.29, 0.717) is 11.4 Å². The fraction of sp³-hybridized carbons (Fsp3) is 0.300. The normalized spacial score (nSPS) is 16.3. The Morgan fingerprint density at radius 2 is 2.20 bits per heavy atom. The molecule has 1 heterocycles. The lowest BCUT2D eigenvalue weighted by atomic mass is 10.2. The van der Waals surface area contributed by atoms with Crippen LogP contribution in [0.1, 0.15) is 5.56 Å². The minimum absolute atomic E-state index is 0.385. The Bertz CT molecular complexity index is 380. The van der Waals surface area contributed by atoms with E-state index in [9.17, 15) is 4.57 Å². The first-order chi connectivity index (χ1) is 7.36. The molecule has 0 radical (unpaired) electrons. The van der Waals surface area contributed by atoms with E-state index in [1.165, 1.54) is 11.8 Å².